The fourth-order valence-corrected chi connectivity index (χ4v) is 9.39. The van der Waals surface area contributed by atoms with Crippen LogP contribution in [0, 0.1) is 11.3 Å². The lowest BCUT2D eigenvalue weighted by atomic mass is 9.88. The van der Waals surface area contributed by atoms with E-state index in [1.807, 2.05) is 32.9 Å². The summed E-state index contributed by atoms with van der Waals surface area (Å²) in [7, 11) is -2.55. The minimum absolute atomic E-state index is 0.00557. The number of alkyl halides is 2. The number of allylic oxidation sites excluding steroid dienone is 1. The van der Waals surface area contributed by atoms with Crippen LogP contribution in [0.2, 0.25) is 0 Å². The molecule has 4 N–H and O–H groups in total. The second-order valence-electron chi connectivity index (χ2n) is 17.9. The maximum atomic E-state index is 14.8. The van der Waals surface area contributed by atoms with E-state index in [0.29, 0.717) is 54.3 Å². The largest absolute Gasteiger partial charge is 0.497 e. The lowest BCUT2D eigenvalue weighted by Crippen LogP contribution is -2.52. The first-order valence-corrected chi connectivity index (χ1v) is 21.4. The van der Waals surface area contributed by atoms with Crippen LogP contribution in [0.3, 0.4) is 0 Å². The highest BCUT2D eigenvalue weighted by Gasteiger charge is 2.63. The molecule has 5 aliphatic rings. The van der Waals surface area contributed by atoms with Gasteiger partial charge in [-0.25, -0.2) is 27.0 Å². The maximum Gasteiger partial charge on any atom is 0.407 e. The van der Waals surface area contributed by atoms with Gasteiger partial charge in [0.2, 0.25) is 21.8 Å². The molecule has 1 aromatic carbocycles. The number of amides is 3. The van der Waals surface area contributed by atoms with E-state index in [2.05, 4.69) is 20.3 Å². The minimum atomic E-state index is -4.04. The van der Waals surface area contributed by atoms with E-state index in [9.17, 15) is 36.7 Å². The highest BCUT2D eigenvalue weighted by molar-refractivity contribution is 7.91. The van der Waals surface area contributed by atoms with Crippen molar-refractivity contribution >= 4 is 38.8 Å². The van der Waals surface area contributed by atoms with Gasteiger partial charge in [0.05, 0.1) is 36.2 Å². The number of nitrogens with zero attached hydrogens (tertiary/aromatic N) is 2. The number of fused-ring (bicyclic) bond motifs is 5. The third kappa shape index (κ3) is 8.15. The van der Waals surface area contributed by atoms with Crippen LogP contribution >= 0.6 is 0 Å². The summed E-state index contributed by atoms with van der Waals surface area (Å²) in [5.74, 6) is -2.10. The first kappa shape index (κ1) is 41.5. The van der Waals surface area contributed by atoms with Gasteiger partial charge in [-0.1, -0.05) is 45.8 Å². The Kier molecular flexibility index (Phi) is 10.9. The number of benzene rings is 1. The molecule has 58 heavy (non-hydrogen) atoms. The van der Waals surface area contributed by atoms with Crippen molar-refractivity contribution in [2.24, 2.45) is 11.3 Å². The first-order chi connectivity index (χ1) is 27.3. The topological polar surface area (TPSA) is 185 Å². The van der Waals surface area contributed by atoms with E-state index in [4.69, 9.17) is 14.2 Å². The number of aromatic nitrogens is 1. The van der Waals surface area contributed by atoms with Crippen molar-refractivity contribution in [3.8, 4) is 11.5 Å². The Bertz CT molecular complexity index is 2170. The number of methoxy groups -OCH3 is 1. The summed E-state index contributed by atoms with van der Waals surface area (Å²) < 4.78 is 74.5. The van der Waals surface area contributed by atoms with Crippen LogP contribution in [0.15, 0.2) is 41.9 Å². The fraction of sp³-hybridized carbons (Fsp3) is 0.610. The van der Waals surface area contributed by atoms with Gasteiger partial charge in [-0.15, -0.1) is 0 Å². The van der Waals surface area contributed by atoms with E-state index >= 15 is 0 Å². The van der Waals surface area contributed by atoms with Gasteiger partial charge in [0.1, 0.15) is 28.6 Å². The van der Waals surface area contributed by atoms with Crippen LogP contribution < -0.4 is 24.8 Å². The predicted molar refractivity (Wildman–Crippen MR) is 210 cm³/mol. The van der Waals surface area contributed by atoms with E-state index in [1.54, 1.807) is 25.1 Å². The normalized spacial score (nSPS) is 28.8. The summed E-state index contributed by atoms with van der Waals surface area (Å²) in [5, 5.41) is 18.3. The monoisotopic (exact) mass is 829 g/mol. The minimum Gasteiger partial charge on any atom is -0.497 e. The van der Waals surface area contributed by atoms with Gasteiger partial charge in [-0.2, -0.15) is 0 Å². The molecule has 17 heteroatoms. The molecule has 7 rings (SSSR count). The Balaban J connectivity index is 1.28. The molecule has 4 atom stereocenters. The zero-order valence-corrected chi connectivity index (χ0v) is 34.4. The van der Waals surface area contributed by atoms with Crippen molar-refractivity contribution in [1.82, 2.24) is 25.2 Å². The SMILES string of the molecule is COc1ccc2nc(C(F)F)c3c(c2c1)CC[C@]1(C/C2=C(\O)N[C@]4(C(=O)NS(=O)(=O)C5(C)CC5)C[C@H]4/C=C\CCCCC[C@H](NC(=O)OCC(C)(C)C)C(=O)N2C1)O3. The van der Waals surface area contributed by atoms with Crippen molar-refractivity contribution in [2.75, 3.05) is 20.3 Å². The molecule has 316 valence electrons. The number of nitrogens with one attached hydrogen (secondary N) is 3. The lowest BCUT2D eigenvalue weighted by molar-refractivity contribution is -0.132. The van der Waals surface area contributed by atoms with E-state index in [-0.39, 0.29) is 62.1 Å². The average Bonchev–Trinajstić information content (AvgIpc) is 4.06. The molecule has 1 aromatic heterocycles. The summed E-state index contributed by atoms with van der Waals surface area (Å²) in [4.78, 5) is 47.4. The second kappa shape index (κ2) is 15.2. The van der Waals surface area contributed by atoms with Crippen LogP contribution in [0.4, 0.5) is 13.6 Å². The Morgan fingerprint density at radius 1 is 1.17 bits per heavy atom. The number of aliphatic hydroxyl groups excluding tert-OH is 1. The van der Waals surface area contributed by atoms with Gasteiger partial charge >= 0.3 is 6.09 Å². The zero-order valence-electron chi connectivity index (χ0n) is 33.6. The fourth-order valence-electron chi connectivity index (χ4n) is 8.07. The molecule has 14 nitrogen and oxygen atoms in total. The van der Waals surface area contributed by atoms with E-state index in [0.717, 1.165) is 6.42 Å². The predicted octanol–water partition coefficient (Wildman–Crippen LogP) is 6.21. The maximum absolute atomic E-state index is 14.8. The molecule has 3 amide bonds. The molecule has 3 fully saturated rings. The van der Waals surface area contributed by atoms with Crippen LogP contribution in [-0.4, -0.2) is 83.5 Å². The number of ether oxygens (including phenoxy) is 3. The van der Waals surface area contributed by atoms with Crippen molar-refractivity contribution in [1.29, 1.82) is 0 Å². The highest BCUT2D eigenvalue weighted by Crippen LogP contribution is 2.50. The van der Waals surface area contributed by atoms with Crippen LogP contribution in [-0.2, 0) is 30.8 Å². The quantitative estimate of drug-likeness (QED) is 0.233. The van der Waals surface area contributed by atoms with E-state index < -0.39 is 73.8 Å². The van der Waals surface area contributed by atoms with E-state index in [1.165, 1.54) is 12.0 Å². The molecule has 2 aliphatic carbocycles. The molecule has 1 saturated heterocycles. The number of hydrogen-bond acceptors (Lipinski definition) is 11. The van der Waals surface area contributed by atoms with Gasteiger partial charge in [-0.05, 0) is 81.9 Å². The summed E-state index contributed by atoms with van der Waals surface area (Å²) in [5.41, 5.74) is -2.96. The second-order valence-corrected chi connectivity index (χ2v) is 20.1. The molecule has 1 spiro atoms. The Morgan fingerprint density at radius 3 is 2.62 bits per heavy atom. The third-order valence-corrected chi connectivity index (χ3v) is 14.1. The number of sulfonamides is 1. The van der Waals surface area contributed by atoms with Crippen molar-refractivity contribution in [3.63, 3.8) is 0 Å². The van der Waals surface area contributed by atoms with Crippen LogP contribution in [0.25, 0.3) is 10.9 Å². The van der Waals surface area contributed by atoms with Gasteiger partial charge in [-0.3, -0.25) is 14.3 Å². The van der Waals surface area contributed by atoms with Crippen LogP contribution in [0.5, 0.6) is 11.5 Å². The molecule has 2 saturated carbocycles. The molecule has 4 heterocycles. The number of alkyl carbamates (subject to hydrolysis) is 1. The van der Waals surface area contributed by atoms with Crippen LogP contribution in [0.1, 0.15) is 110 Å². The Labute approximate surface area is 337 Å². The van der Waals surface area contributed by atoms with Gasteiger partial charge in [0, 0.05) is 23.3 Å². The summed E-state index contributed by atoms with van der Waals surface area (Å²) in [6.45, 7) is 7.15. The number of hydrogen-bond donors (Lipinski definition) is 4. The van der Waals surface area contributed by atoms with Crippen molar-refractivity contribution in [3.05, 3.63) is 53.2 Å². The molecule has 0 unspecified atom stereocenters. The van der Waals surface area contributed by atoms with Gasteiger partial charge in [0.25, 0.3) is 12.3 Å². The smallest absolute Gasteiger partial charge is 0.407 e. The number of carbonyl (C=O) groups excluding carboxylic acids is 3. The number of aliphatic hydroxyl groups is 1. The standard InChI is InChI=1S/C41H53F2N5O9S/c1-38(2,3)23-56-37(52)45-29-12-10-8-6-7-9-11-24-20-41(24,36(51)47-58(53,54)39(4)17-18-39)46-34(49)30-21-40(22-48(30)35(29)50)16-15-26-27-19-25(55-5)13-14-28(27)44-31(33(42)43)32(26)57-40/h9,11,13-14,19,24,29,33,46,49H,6-8,10,12,15-18,20-23H2,1-5H3,(H,45,52)(H,47,51)/b11-9-,34-30+/t24-,29+,40-,41-/m1/s1. The summed E-state index contributed by atoms with van der Waals surface area (Å²) in [6, 6.07) is 3.84. The number of aryl methyl sites for hydroxylation is 1. The number of carbonyl (C=O) groups is 3. The molecular weight excluding hydrogens is 777 g/mol. The Morgan fingerprint density at radius 2 is 1.93 bits per heavy atom. The van der Waals surface area contributed by atoms with Crippen molar-refractivity contribution < 1.29 is 50.9 Å². The first-order valence-electron chi connectivity index (χ1n) is 20.0. The number of halogens is 2. The molecule has 0 radical (unpaired) electrons. The third-order valence-electron chi connectivity index (χ3n) is 12.0. The zero-order chi connectivity index (χ0) is 41.8. The highest BCUT2D eigenvalue weighted by atomic mass is 32.2. The lowest BCUT2D eigenvalue weighted by Gasteiger charge is -2.36. The molecule has 2 aromatic rings. The van der Waals surface area contributed by atoms with Gasteiger partial charge < -0.3 is 34.9 Å². The average molecular weight is 830 g/mol. The molecule has 3 aliphatic heterocycles. The number of pyridine rings is 1. The van der Waals surface area contributed by atoms with Gasteiger partial charge in [0.15, 0.2) is 5.75 Å². The molecule has 0 bridgehead atoms. The van der Waals surface area contributed by atoms with Crippen molar-refractivity contribution in [2.45, 2.75) is 127 Å². The summed E-state index contributed by atoms with van der Waals surface area (Å²) >= 11 is 0. The number of rotatable bonds is 7. The summed E-state index contributed by atoms with van der Waals surface area (Å²) in [6.07, 6.45) is 4.15. The molecular formula is C41H53F2N5O9S. The Hall–Kier alpha value is -4.67.